The van der Waals surface area contributed by atoms with Gasteiger partial charge in [-0.1, -0.05) is 88.4 Å². The minimum absolute atomic E-state index is 0.0264. The molecular weight excluding hydrogens is 639 g/mol. The average Bonchev–Trinajstić information content (AvgIpc) is 3.17. The molecule has 8 atom stereocenters. The van der Waals surface area contributed by atoms with Crippen LogP contribution in [0.2, 0.25) is 0 Å². The van der Waals surface area contributed by atoms with E-state index in [4.69, 9.17) is 0 Å². The molecule has 2 aromatic heterocycles. The van der Waals surface area contributed by atoms with Crippen molar-refractivity contribution in [2.45, 2.75) is 59.4 Å². The predicted octanol–water partition coefficient (Wildman–Crippen LogP) is 9.95. The summed E-state index contributed by atoms with van der Waals surface area (Å²) in [7, 11) is 0. The van der Waals surface area contributed by atoms with Gasteiger partial charge < -0.3 is 5.32 Å². The van der Waals surface area contributed by atoms with Gasteiger partial charge in [0, 0.05) is 53.0 Å². The van der Waals surface area contributed by atoms with E-state index in [1.165, 1.54) is 0 Å². The highest BCUT2D eigenvalue weighted by Crippen LogP contribution is 2.41. The highest BCUT2D eigenvalue weighted by atomic mass is 16.1. The van der Waals surface area contributed by atoms with Crippen LogP contribution in [0, 0.1) is 70.5 Å². The Labute approximate surface area is 309 Å². The summed E-state index contributed by atoms with van der Waals surface area (Å²) in [5, 5.41) is 22.4. The van der Waals surface area contributed by atoms with Crippen LogP contribution in [0.3, 0.4) is 0 Å². The molecule has 6 nitrogen and oxygen atoms in total. The molecule has 6 heteroatoms. The third-order valence-corrected chi connectivity index (χ3v) is 11.7. The Bertz CT molecular complexity index is 1980. The van der Waals surface area contributed by atoms with Gasteiger partial charge in [0.25, 0.3) is 0 Å². The van der Waals surface area contributed by atoms with Gasteiger partial charge in [-0.2, -0.15) is 10.5 Å². The van der Waals surface area contributed by atoms with Crippen molar-refractivity contribution in [2.75, 3.05) is 0 Å². The molecule has 0 saturated heterocycles. The highest BCUT2D eigenvalue weighted by Gasteiger charge is 2.36. The summed E-state index contributed by atoms with van der Waals surface area (Å²) in [6, 6.07) is 27.7. The van der Waals surface area contributed by atoms with Gasteiger partial charge in [0.05, 0.1) is 34.7 Å². The normalized spacial score (nSPS) is 26.1. The lowest BCUT2D eigenvalue weighted by Gasteiger charge is -2.40. The van der Waals surface area contributed by atoms with Crippen molar-refractivity contribution in [1.29, 1.82) is 10.5 Å². The molecule has 2 aromatic carbocycles. The lowest BCUT2D eigenvalue weighted by molar-refractivity contribution is -0.123. The molecule has 2 saturated carbocycles. The molecule has 2 aliphatic carbocycles. The van der Waals surface area contributed by atoms with Gasteiger partial charge in [-0.15, -0.1) is 0 Å². The molecule has 2 heterocycles. The summed E-state index contributed by atoms with van der Waals surface area (Å²) < 4.78 is 0. The van der Waals surface area contributed by atoms with Crippen molar-refractivity contribution in [3.63, 3.8) is 0 Å². The van der Waals surface area contributed by atoms with E-state index in [1.807, 2.05) is 85.2 Å². The monoisotopic (exact) mass is 686 g/mol. The molecule has 263 valence electrons. The van der Waals surface area contributed by atoms with E-state index < -0.39 is 0 Å². The molecule has 2 aliphatic rings. The molecular formula is C46H48N5O. The maximum atomic E-state index is 13.6. The predicted molar refractivity (Wildman–Crippen MR) is 209 cm³/mol. The maximum Gasteiger partial charge on any atom is 0.220 e. The number of carbonyl (C=O) groups is 1. The van der Waals surface area contributed by atoms with E-state index in [-0.39, 0.29) is 17.9 Å². The van der Waals surface area contributed by atoms with E-state index in [0.717, 1.165) is 52.9 Å². The van der Waals surface area contributed by atoms with Crippen LogP contribution in [0.15, 0.2) is 97.3 Å². The lowest BCUT2D eigenvalue weighted by Crippen LogP contribution is -2.47. The number of aromatic nitrogens is 2. The first kappa shape index (κ1) is 36.5. The summed E-state index contributed by atoms with van der Waals surface area (Å²) in [4.78, 5) is 23.0. The molecule has 0 spiro atoms. The van der Waals surface area contributed by atoms with Crippen LogP contribution in [0.4, 0.5) is 0 Å². The Morgan fingerprint density at radius 2 is 1.33 bits per heavy atom. The quantitative estimate of drug-likeness (QED) is 0.189. The summed E-state index contributed by atoms with van der Waals surface area (Å²) >= 11 is 0. The van der Waals surface area contributed by atoms with Gasteiger partial charge in [-0.3, -0.25) is 14.8 Å². The Morgan fingerprint density at radius 1 is 0.750 bits per heavy atom. The zero-order valence-corrected chi connectivity index (χ0v) is 30.6. The first-order valence-electron chi connectivity index (χ1n) is 18.6. The van der Waals surface area contributed by atoms with Gasteiger partial charge in [0.2, 0.25) is 5.91 Å². The van der Waals surface area contributed by atoms with E-state index in [1.54, 1.807) is 0 Å². The van der Waals surface area contributed by atoms with Gasteiger partial charge >= 0.3 is 0 Å². The second-order valence-corrected chi connectivity index (χ2v) is 15.0. The van der Waals surface area contributed by atoms with Gasteiger partial charge in [-0.05, 0) is 97.6 Å². The minimum Gasteiger partial charge on any atom is -0.352 e. The van der Waals surface area contributed by atoms with Crippen molar-refractivity contribution < 1.29 is 4.79 Å². The van der Waals surface area contributed by atoms with E-state index in [0.29, 0.717) is 53.1 Å². The molecule has 1 amide bonds. The molecule has 0 aliphatic heterocycles. The third kappa shape index (κ3) is 8.58. The Balaban J connectivity index is 1.08. The number of nitrogens with one attached hydrogen (secondary N) is 1. The number of nitriles is 2. The minimum atomic E-state index is -0.0264. The Kier molecular flexibility index (Phi) is 11.8. The van der Waals surface area contributed by atoms with Crippen LogP contribution in [-0.4, -0.2) is 21.9 Å². The molecule has 0 bridgehead atoms. The van der Waals surface area contributed by atoms with Gasteiger partial charge in [-0.25, -0.2) is 0 Å². The number of nitrogens with zero attached hydrogens (tertiary/aromatic N) is 4. The van der Waals surface area contributed by atoms with E-state index in [2.05, 4.69) is 85.8 Å². The van der Waals surface area contributed by atoms with Crippen LogP contribution in [0.1, 0.15) is 75.9 Å². The van der Waals surface area contributed by atoms with Gasteiger partial charge in [0.1, 0.15) is 0 Å². The SMILES string of the molecule is C[C@H]1[C@H](/C=C/c2ccc(-c3ccccc3C#N)cn2)[C@@H](NC(=O)CC2C[C@@H](/C=C/c3ccc(-c4ccccc4C#N)cn3)[C@H](C)[C@@H](C)C2)[CH]C[C@@H]1C. The molecule has 6 rings (SSSR count). The molecule has 52 heavy (non-hydrogen) atoms. The number of carbonyl (C=O) groups excluding carboxylic acids is 1. The topological polar surface area (TPSA) is 102 Å². The molecule has 1 radical (unpaired) electrons. The zero-order valence-electron chi connectivity index (χ0n) is 30.6. The Hall–Kier alpha value is -5.33. The number of pyridine rings is 2. The zero-order chi connectivity index (χ0) is 36.6. The first-order chi connectivity index (χ1) is 25.2. The summed E-state index contributed by atoms with van der Waals surface area (Å²) in [5.41, 5.74) is 6.65. The van der Waals surface area contributed by atoms with Crippen molar-refractivity contribution >= 4 is 18.1 Å². The summed E-state index contributed by atoms with van der Waals surface area (Å²) in [6.45, 7) is 9.22. The smallest absolute Gasteiger partial charge is 0.220 e. The van der Waals surface area contributed by atoms with Crippen LogP contribution in [0.25, 0.3) is 34.4 Å². The molecule has 2 fully saturated rings. The number of benzene rings is 2. The summed E-state index contributed by atoms with van der Waals surface area (Å²) in [6.07, 6.45) is 18.2. The van der Waals surface area contributed by atoms with Crippen LogP contribution in [-0.2, 0) is 4.79 Å². The van der Waals surface area contributed by atoms with Crippen molar-refractivity contribution in [3.05, 3.63) is 126 Å². The van der Waals surface area contributed by atoms with Crippen molar-refractivity contribution in [2.24, 2.45) is 41.4 Å². The highest BCUT2D eigenvalue weighted by molar-refractivity contribution is 5.77. The first-order valence-corrected chi connectivity index (χ1v) is 18.6. The number of amides is 1. The maximum absolute atomic E-state index is 13.6. The van der Waals surface area contributed by atoms with Crippen LogP contribution >= 0.6 is 0 Å². The average molecular weight is 687 g/mol. The molecule has 4 aromatic rings. The number of hydrogen-bond acceptors (Lipinski definition) is 5. The van der Waals surface area contributed by atoms with Gasteiger partial charge in [0.15, 0.2) is 0 Å². The Morgan fingerprint density at radius 3 is 1.88 bits per heavy atom. The second-order valence-electron chi connectivity index (χ2n) is 15.0. The number of allylic oxidation sites excluding steroid dienone is 1. The third-order valence-electron chi connectivity index (χ3n) is 11.7. The number of hydrogen-bond donors (Lipinski definition) is 1. The fourth-order valence-corrected chi connectivity index (χ4v) is 8.10. The fourth-order valence-electron chi connectivity index (χ4n) is 8.10. The van der Waals surface area contributed by atoms with Crippen molar-refractivity contribution in [1.82, 2.24) is 15.3 Å². The summed E-state index contributed by atoms with van der Waals surface area (Å²) in [5.74, 6) is 2.95. The lowest BCUT2D eigenvalue weighted by atomic mass is 9.68. The van der Waals surface area contributed by atoms with E-state index >= 15 is 0 Å². The van der Waals surface area contributed by atoms with E-state index in [9.17, 15) is 15.3 Å². The van der Waals surface area contributed by atoms with Crippen molar-refractivity contribution in [3.8, 4) is 34.4 Å². The second kappa shape index (κ2) is 16.8. The fraction of sp³-hybridized carbons (Fsp3) is 0.348. The number of rotatable bonds is 9. The molecule has 1 N–H and O–H groups in total. The molecule has 1 unspecified atom stereocenters. The standard InChI is InChI=1S/C46H48N5O/c1-30-13-22-45(42(33(30)4)21-20-41-19-16-39(29-50-41)44-12-8-6-10-37(44)27-48)51-46(52)25-34-23-31(2)32(3)35(24-34)14-17-40-18-15-38(28-49-40)43-11-7-5-9-36(43)26-47/h5-12,14-22,28-35,42,45H,13,23-25H2,1-4H3,(H,51,52)/b17-14+,21-20+/t30-,31-,32+,33+,34?,35+,42-,45-/m0/s1. The van der Waals surface area contributed by atoms with Crippen LogP contribution < -0.4 is 5.32 Å². The van der Waals surface area contributed by atoms with Crippen LogP contribution in [0.5, 0.6) is 0 Å². The largest absolute Gasteiger partial charge is 0.352 e.